The molecule has 3 aliphatic carbocycles. The van der Waals surface area contributed by atoms with Gasteiger partial charge in [-0.3, -0.25) is 0 Å². The van der Waals surface area contributed by atoms with E-state index >= 15 is 0 Å². The number of anilines is 3. The van der Waals surface area contributed by atoms with Crippen molar-refractivity contribution in [3.8, 4) is 0 Å². The lowest BCUT2D eigenvalue weighted by atomic mass is 9.72. The fraction of sp³-hybridized carbons (Fsp3) is 0.118. The summed E-state index contributed by atoms with van der Waals surface area (Å²) in [6.07, 6.45) is 18.2. The van der Waals surface area contributed by atoms with E-state index in [2.05, 4.69) is 126 Å². The van der Waals surface area contributed by atoms with E-state index in [0.717, 1.165) is 12.8 Å². The Bertz CT molecular complexity index is 1630. The minimum Gasteiger partial charge on any atom is -0.361 e. The summed E-state index contributed by atoms with van der Waals surface area (Å²) in [7, 11) is 0. The number of hydrogen-bond donors (Lipinski definition) is 1. The maximum absolute atomic E-state index is 3.82. The smallest absolute Gasteiger partial charge is 0.0607 e. The second kappa shape index (κ2) is 8.29. The van der Waals surface area contributed by atoms with Gasteiger partial charge >= 0.3 is 0 Å². The van der Waals surface area contributed by atoms with Gasteiger partial charge in [0.25, 0.3) is 0 Å². The van der Waals surface area contributed by atoms with Crippen LogP contribution in [0.2, 0.25) is 0 Å². The van der Waals surface area contributed by atoms with Crippen molar-refractivity contribution in [2.45, 2.75) is 22.6 Å². The van der Waals surface area contributed by atoms with Crippen molar-refractivity contribution in [2.75, 3.05) is 4.90 Å². The van der Waals surface area contributed by atoms with Crippen molar-refractivity contribution in [3.63, 3.8) is 0 Å². The molecule has 0 radical (unpaired) electrons. The van der Waals surface area contributed by atoms with Crippen molar-refractivity contribution >= 4 is 34.4 Å². The fourth-order valence-corrected chi connectivity index (χ4v) is 7.50. The molecular formula is C34H26N2S. The Kier molecular flexibility index (Phi) is 4.74. The van der Waals surface area contributed by atoms with E-state index in [4.69, 9.17) is 0 Å². The standard InChI is InChI=1S/C34H26N2S/c1-2-10-24(11-3-1)36-29-15-6-7-16-31(29)37-32-20-18-23(21-30(32)36)26-13-8-14-27-34(26)33-25-12-5-4-9-22(25)17-19-28(33)35-27/h1-7,9-13,15-21,25,33,35H,8,14H2. The molecule has 0 bridgehead atoms. The molecule has 8 rings (SSSR count). The number of benzene rings is 3. The van der Waals surface area contributed by atoms with Gasteiger partial charge in [-0.2, -0.15) is 0 Å². The lowest BCUT2D eigenvalue weighted by molar-refractivity contribution is 0.590. The van der Waals surface area contributed by atoms with Gasteiger partial charge in [0.05, 0.1) is 11.4 Å². The predicted octanol–water partition coefficient (Wildman–Crippen LogP) is 8.84. The molecule has 2 nitrogen and oxygen atoms in total. The highest BCUT2D eigenvalue weighted by molar-refractivity contribution is 7.99. The van der Waals surface area contributed by atoms with Crippen molar-refractivity contribution in [2.24, 2.45) is 11.8 Å². The molecule has 37 heavy (non-hydrogen) atoms. The molecule has 0 saturated carbocycles. The molecule has 3 aromatic carbocycles. The fourth-order valence-electron chi connectivity index (χ4n) is 6.46. The van der Waals surface area contributed by atoms with E-state index in [1.165, 1.54) is 60.5 Å². The zero-order chi connectivity index (χ0) is 24.3. The van der Waals surface area contributed by atoms with E-state index in [1.807, 2.05) is 11.8 Å². The molecular weight excluding hydrogens is 468 g/mol. The molecule has 0 spiro atoms. The Morgan fingerprint density at radius 3 is 2.65 bits per heavy atom. The summed E-state index contributed by atoms with van der Waals surface area (Å²) in [4.78, 5) is 5.02. The van der Waals surface area contributed by atoms with Crippen LogP contribution in [-0.2, 0) is 0 Å². The van der Waals surface area contributed by atoms with Crippen LogP contribution in [0.25, 0.3) is 5.57 Å². The number of fused-ring (bicyclic) bond motifs is 6. The van der Waals surface area contributed by atoms with Crippen LogP contribution in [0.15, 0.2) is 148 Å². The SMILES string of the molecule is C1=CC2=CC=C3NC4=C(C(c5ccc6c(c5)N(c5ccccc5)c5ccccc5S6)=CCC4)C3C2C=C1. The van der Waals surface area contributed by atoms with Crippen molar-refractivity contribution in [3.05, 3.63) is 143 Å². The van der Waals surface area contributed by atoms with Crippen LogP contribution in [-0.4, -0.2) is 0 Å². The van der Waals surface area contributed by atoms with Crippen LogP contribution in [0.4, 0.5) is 17.1 Å². The lowest BCUT2D eigenvalue weighted by Gasteiger charge is -2.34. The number of para-hydroxylation sites is 2. The molecule has 0 saturated heterocycles. The van der Waals surface area contributed by atoms with Gasteiger partial charge < -0.3 is 10.2 Å². The molecule has 3 aromatic rings. The average molecular weight is 495 g/mol. The third-order valence-electron chi connectivity index (χ3n) is 8.07. The normalized spacial score (nSPS) is 22.6. The number of nitrogens with one attached hydrogen (secondary N) is 1. The number of rotatable bonds is 2. The van der Waals surface area contributed by atoms with E-state index in [9.17, 15) is 0 Å². The molecule has 1 N–H and O–H groups in total. The molecule has 0 aromatic heterocycles. The highest BCUT2D eigenvalue weighted by atomic mass is 32.2. The predicted molar refractivity (Wildman–Crippen MR) is 154 cm³/mol. The van der Waals surface area contributed by atoms with Crippen LogP contribution in [0, 0.1) is 11.8 Å². The summed E-state index contributed by atoms with van der Waals surface area (Å²) < 4.78 is 0. The Morgan fingerprint density at radius 2 is 1.70 bits per heavy atom. The van der Waals surface area contributed by atoms with Gasteiger partial charge in [0.2, 0.25) is 0 Å². The summed E-state index contributed by atoms with van der Waals surface area (Å²) in [6, 6.07) is 26.6. The van der Waals surface area contributed by atoms with Crippen LogP contribution in [0.1, 0.15) is 18.4 Å². The van der Waals surface area contributed by atoms with Gasteiger partial charge in [-0.15, -0.1) is 0 Å². The van der Waals surface area contributed by atoms with Gasteiger partial charge in [-0.05, 0) is 77.6 Å². The molecule has 0 amide bonds. The summed E-state index contributed by atoms with van der Waals surface area (Å²) in [5.74, 6) is 0.756. The first kappa shape index (κ1) is 21.2. The first-order valence-corrected chi connectivity index (χ1v) is 13.9. The highest BCUT2D eigenvalue weighted by Crippen LogP contribution is 2.54. The topological polar surface area (TPSA) is 15.3 Å². The Labute approximate surface area is 222 Å². The summed E-state index contributed by atoms with van der Waals surface area (Å²) in [5.41, 5.74) is 12.0. The molecule has 2 unspecified atom stereocenters. The minimum atomic E-state index is 0.360. The van der Waals surface area contributed by atoms with Gasteiger partial charge in [-0.25, -0.2) is 0 Å². The second-order valence-electron chi connectivity index (χ2n) is 10.1. The van der Waals surface area contributed by atoms with E-state index in [-0.39, 0.29) is 0 Å². The van der Waals surface area contributed by atoms with Crippen LogP contribution in [0.5, 0.6) is 0 Å². The quantitative estimate of drug-likeness (QED) is 0.300. The first-order chi connectivity index (χ1) is 18.3. The van der Waals surface area contributed by atoms with E-state index < -0.39 is 0 Å². The molecule has 5 aliphatic rings. The van der Waals surface area contributed by atoms with Crippen LogP contribution in [0.3, 0.4) is 0 Å². The first-order valence-electron chi connectivity index (χ1n) is 13.1. The second-order valence-corrected chi connectivity index (χ2v) is 11.2. The van der Waals surface area contributed by atoms with Crippen molar-refractivity contribution < 1.29 is 0 Å². The number of nitrogens with zero attached hydrogens (tertiary/aromatic N) is 1. The van der Waals surface area contributed by atoms with E-state index in [1.54, 1.807) is 0 Å². The molecule has 2 aliphatic heterocycles. The van der Waals surface area contributed by atoms with Crippen LogP contribution >= 0.6 is 11.8 Å². The van der Waals surface area contributed by atoms with Crippen molar-refractivity contribution in [1.29, 1.82) is 0 Å². The summed E-state index contributed by atoms with van der Waals surface area (Å²) >= 11 is 1.87. The lowest BCUT2D eigenvalue weighted by Crippen LogP contribution is -2.23. The van der Waals surface area contributed by atoms with Gasteiger partial charge in [0.15, 0.2) is 0 Å². The van der Waals surface area contributed by atoms with E-state index in [0.29, 0.717) is 11.8 Å². The third-order valence-corrected chi connectivity index (χ3v) is 9.20. The van der Waals surface area contributed by atoms with Crippen LogP contribution < -0.4 is 10.2 Å². The Hall–Kier alpha value is -3.95. The monoisotopic (exact) mass is 494 g/mol. The largest absolute Gasteiger partial charge is 0.361 e. The Balaban J connectivity index is 1.25. The van der Waals surface area contributed by atoms with Crippen molar-refractivity contribution in [1.82, 2.24) is 5.32 Å². The number of hydrogen-bond acceptors (Lipinski definition) is 3. The maximum Gasteiger partial charge on any atom is 0.0607 e. The van der Waals surface area contributed by atoms with Gasteiger partial charge in [0, 0.05) is 38.7 Å². The van der Waals surface area contributed by atoms with Gasteiger partial charge in [-0.1, -0.05) is 84.6 Å². The zero-order valence-corrected chi connectivity index (χ0v) is 21.2. The third kappa shape index (κ3) is 3.27. The average Bonchev–Trinajstić information content (AvgIpc) is 3.35. The number of allylic oxidation sites excluding steroid dienone is 11. The highest BCUT2D eigenvalue weighted by Gasteiger charge is 2.40. The molecule has 2 atom stereocenters. The summed E-state index contributed by atoms with van der Waals surface area (Å²) in [6.45, 7) is 0. The summed E-state index contributed by atoms with van der Waals surface area (Å²) in [5, 5.41) is 3.82. The van der Waals surface area contributed by atoms with Gasteiger partial charge in [0.1, 0.15) is 0 Å². The Morgan fingerprint density at radius 1 is 0.838 bits per heavy atom. The maximum atomic E-state index is 3.82. The molecule has 3 heteroatoms. The molecule has 0 fully saturated rings. The molecule has 178 valence electrons. The zero-order valence-electron chi connectivity index (χ0n) is 20.4. The molecule has 2 heterocycles. The minimum absolute atomic E-state index is 0.360.